The smallest absolute Gasteiger partial charge is 0.241 e. The predicted molar refractivity (Wildman–Crippen MR) is 90.8 cm³/mol. The van der Waals surface area contributed by atoms with Crippen LogP contribution in [-0.4, -0.2) is 38.1 Å². The maximum Gasteiger partial charge on any atom is 0.241 e. The van der Waals surface area contributed by atoms with Gasteiger partial charge in [0.15, 0.2) is 0 Å². The molecule has 4 nitrogen and oxygen atoms in total. The fraction of sp³-hybridized carbons (Fsp3) is 0.400. The van der Waals surface area contributed by atoms with Gasteiger partial charge in [0.1, 0.15) is 6.04 Å². The molecule has 0 saturated carbocycles. The highest BCUT2D eigenvalue weighted by Gasteiger charge is 2.19. The number of anilines is 1. The highest BCUT2D eigenvalue weighted by molar-refractivity contribution is 5.85. The monoisotopic (exact) mass is 329 g/mol. The van der Waals surface area contributed by atoms with Crippen molar-refractivity contribution in [1.29, 1.82) is 0 Å². The lowest BCUT2D eigenvalue weighted by atomic mass is 10.2. The minimum Gasteiger partial charge on any atom is -0.369 e. The molecule has 0 saturated heterocycles. The second-order valence-corrected chi connectivity index (χ2v) is 4.97. The summed E-state index contributed by atoms with van der Waals surface area (Å²) in [6, 6.07) is 8.35. The first-order valence-electron chi connectivity index (χ1n) is 6.85. The van der Waals surface area contributed by atoms with Crippen molar-refractivity contribution >= 4 is 36.4 Å². The number of nitrogens with zero attached hydrogens (tertiary/aromatic N) is 1. The molecular formula is C15H21Cl2N3O. The number of halogens is 2. The van der Waals surface area contributed by atoms with Crippen molar-refractivity contribution in [2.24, 2.45) is 0 Å². The van der Waals surface area contributed by atoms with Crippen LogP contribution >= 0.6 is 24.8 Å². The minimum absolute atomic E-state index is 0. The Morgan fingerprint density at radius 3 is 2.90 bits per heavy atom. The highest BCUT2D eigenvalue weighted by atomic mass is 35.5. The number of para-hydroxylation sites is 1. The molecule has 1 atom stereocenters. The molecule has 1 aromatic rings. The Balaban J connectivity index is 0.00000110. The molecule has 0 fully saturated rings. The first kappa shape index (κ1) is 17.8. The number of hydrogen-bond donors (Lipinski definition) is 2. The van der Waals surface area contributed by atoms with E-state index in [1.165, 1.54) is 11.3 Å². The maximum absolute atomic E-state index is 11.8. The quantitative estimate of drug-likeness (QED) is 0.823. The summed E-state index contributed by atoms with van der Waals surface area (Å²) in [6.07, 6.45) is 5.01. The zero-order valence-electron chi connectivity index (χ0n) is 11.7. The minimum atomic E-state index is -0.147. The molecule has 2 aliphatic rings. The van der Waals surface area contributed by atoms with Gasteiger partial charge >= 0.3 is 0 Å². The summed E-state index contributed by atoms with van der Waals surface area (Å²) in [7, 11) is 0. The summed E-state index contributed by atoms with van der Waals surface area (Å²) in [5.74, 6) is 0.0706. The number of rotatable bonds is 4. The van der Waals surface area contributed by atoms with Gasteiger partial charge in [0.25, 0.3) is 0 Å². The summed E-state index contributed by atoms with van der Waals surface area (Å²) in [6.45, 7) is 3.41. The van der Waals surface area contributed by atoms with E-state index in [0.29, 0.717) is 6.54 Å². The van der Waals surface area contributed by atoms with E-state index in [1.807, 2.05) is 12.2 Å². The Bertz CT molecular complexity index is 507. The van der Waals surface area contributed by atoms with Gasteiger partial charge in [0, 0.05) is 31.9 Å². The van der Waals surface area contributed by atoms with Crippen molar-refractivity contribution in [3.05, 3.63) is 42.0 Å². The molecule has 116 valence electrons. The lowest BCUT2D eigenvalue weighted by molar-refractivity contribution is -0.121. The average Bonchev–Trinajstić information content (AvgIpc) is 3.08. The van der Waals surface area contributed by atoms with Crippen molar-refractivity contribution in [2.75, 3.05) is 31.1 Å². The average molecular weight is 330 g/mol. The third-order valence-electron chi connectivity index (χ3n) is 3.73. The fourth-order valence-corrected chi connectivity index (χ4v) is 2.71. The fourth-order valence-electron chi connectivity index (χ4n) is 2.71. The van der Waals surface area contributed by atoms with E-state index < -0.39 is 0 Å². The largest absolute Gasteiger partial charge is 0.369 e. The normalized spacial score (nSPS) is 18.7. The standard InChI is InChI=1S/C15H19N3O.2ClH/c19-15(13-5-3-8-16-13)17-9-11-18-10-7-12-4-1-2-6-14(12)18;;/h1-6,13,16H,7-11H2,(H,17,19);2*1H. The summed E-state index contributed by atoms with van der Waals surface area (Å²) >= 11 is 0. The molecule has 21 heavy (non-hydrogen) atoms. The van der Waals surface area contributed by atoms with Gasteiger partial charge in [0.05, 0.1) is 0 Å². The van der Waals surface area contributed by atoms with Crippen LogP contribution in [0.25, 0.3) is 0 Å². The Hall–Kier alpha value is -1.23. The Kier molecular flexibility index (Phi) is 7.02. The Morgan fingerprint density at radius 1 is 1.33 bits per heavy atom. The third-order valence-corrected chi connectivity index (χ3v) is 3.73. The van der Waals surface area contributed by atoms with Crippen LogP contribution in [0.3, 0.4) is 0 Å². The van der Waals surface area contributed by atoms with Gasteiger partial charge < -0.3 is 10.2 Å². The van der Waals surface area contributed by atoms with Gasteiger partial charge in [-0.25, -0.2) is 0 Å². The second kappa shape index (κ2) is 8.27. The second-order valence-electron chi connectivity index (χ2n) is 4.97. The maximum atomic E-state index is 11.8. The molecule has 2 N–H and O–H groups in total. The molecule has 0 bridgehead atoms. The number of carbonyl (C=O) groups is 1. The lowest BCUT2D eigenvalue weighted by Crippen LogP contribution is -2.43. The van der Waals surface area contributed by atoms with Gasteiger partial charge in [-0.05, 0) is 18.1 Å². The van der Waals surface area contributed by atoms with Gasteiger partial charge in [-0.2, -0.15) is 0 Å². The lowest BCUT2D eigenvalue weighted by Gasteiger charge is -2.20. The molecule has 0 aliphatic carbocycles. The summed E-state index contributed by atoms with van der Waals surface area (Å²) in [5, 5.41) is 6.10. The molecule has 0 spiro atoms. The van der Waals surface area contributed by atoms with Crippen LogP contribution in [0.5, 0.6) is 0 Å². The van der Waals surface area contributed by atoms with Crippen LogP contribution in [-0.2, 0) is 11.2 Å². The van der Waals surface area contributed by atoms with Crippen LogP contribution in [0.15, 0.2) is 36.4 Å². The first-order chi connectivity index (χ1) is 9.34. The Morgan fingerprint density at radius 2 is 2.14 bits per heavy atom. The van der Waals surface area contributed by atoms with Gasteiger partial charge in [-0.1, -0.05) is 30.4 Å². The van der Waals surface area contributed by atoms with E-state index >= 15 is 0 Å². The van der Waals surface area contributed by atoms with Crippen LogP contribution in [0.2, 0.25) is 0 Å². The van der Waals surface area contributed by atoms with Gasteiger partial charge in [-0.3, -0.25) is 10.1 Å². The van der Waals surface area contributed by atoms with Crippen LogP contribution in [0.4, 0.5) is 5.69 Å². The number of fused-ring (bicyclic) bond motifs is 1. The molecule has 0 radical (unpaired) electrons. The van der Waals surface area contributed by atoms with E-state index in [1.54, 1.807) is 0 Å². The van der Waals surface area contributed by atoms with E-state index in [2.05, 4.69) is 39.8 Å². The zero-order chi connectivity index (χ0) is 13.1. The molecule has 2 aliphatic heterocycles. The zero-order valence-corrected chi connectivity index (χ0v) is 13.4. The molecule has 1 unspecified atom stereocenters. The van der Waals surface area contributed by atoms with Crippen molar-refractivity contribution in [3.63, 3.8) is 0 Å². The van der Waals surface area contributed by atoms with E-state index in [9.17, 15) is 4.79 Å². The van der Waals surface area contributed by atoms with Crippen LogP contribution < -0.4 is 15.5 Å². The first-order valence-corrected chi connectivity index (χ1v) is 6.85. The molecule has 0 aromatic heterocycles. The van der Waals surface area contributed by atoms with E-state index in [0.717, 1.165) is 26.1 Å². The van der Waals surface area contributed by atoms with E-state index in [-0.39, 0.29) is 36.8 Å². The number of carbonyl (C=O) groups excluding carboxylic acids is 1. The van der Waals surface area contributed by atoms with Crippen molar-refractivity contribution < 1.29 is 4.79 Å². The molecule has 1 aromatic carbocycles. The summed E-state index contributed by atoms with van der Waals surface area (Å²) < 4.78 is 0. The highest BCUT2D eigenvalue weighted by Crippen LogP contribution is 2.26. The van der Waals surface area contributed by atoms with Crippen LogP contribution in [0, 0.1) is 0 Å². The number of hydrogen-bond acceptors (Lipinski definition) is 3. The van der Waals surface area contributed by atoms with E-state index in [4.69, 9.17) is 0 Å². The molecular weight excluding hydrogens is 309 g/mol. The molecule has 3 rings (SSSR count). The summed E-state index contributed by atoms with van der Waals surface area (Å²) in [4.78, 5) is 14.2. The Labute approximate surface area is 137 Å². The SMILES string of the molecule is Cl.Cl.O=C(NCCN1CCc2ccccc21)C1C=CCN1. The van der Waals surface area contributed by atoms with Crippen molar-refractivity contribution in [1.82, 2.24) is 10.6 Å². The topological polar surface area (TPSA) is 44.4 Å². The predicted octanol–water partition coefficient (Wildman–Crippen LogP) is 1.54. The van der Waals surface area contributed by atoms with Crippen molar-refractivity contribution in [2.45, 2.75) is 12.5 Å². The number of benzene rings is 1. The summed E-state index contributed by atoms with van der Waals surface area (Å²) in [5.41, 5.74) is 2.73. The molecule has 1 amide bonds. The van der Waals surface area contributed by atoms with Gasteiger partial charge in [-0.15, -0.1) is 24.8 Å². The molecule has 6 heteroatoms. The number of nitrogens with one attached hydrogen (secondary N) is 2. The number of amides is 1. The van der Waals surface area contributed by atoms with Crippen molar-refractivity contribution in [3.8, 4) is 0 Å². The third kappa shape index (κ3) is 4.13. The van der Waals surface area contributed by atoms with Crippen LogP contribution in [0.1, 0.15) is 5.56 Å². The van der Waals surface area contributed by atoms with Gasteiger partial charge in [0.2, 0.25) is 5.91 Å². The molecule has 2 heterocycles.